The normalized spacial score (nSPS) is 12.7. The number of hydrogen-bond donors (Lipinski definition) is 0. The summed E-state index contributed by atoms with van der Waals surface area (Å²) >= 11 is 10.6. The topological polar surface area (TPSA) is 25.8 Å². The summed E-state index contributed by atoms with van der Waals surface area (Å²) in [5, 5.41) is 9.86. The summed E-state index contributed by atoms with van der Waals surface area (Å²) in [4.78, 5) is 0.170. The van der Waals surface area contributed by atoms with Gasteiger partial charge in [-0.2, -0.15) is 0 Å². The molecule has 2 aromatic rings. The summed E-state index contributed by atoms with van der Waals surface area (Å²) in [6.07, 6.45) is 0.914. The highest BCUT2D eigenvalue weighted by molar-refractivity contribution is 9.09. The molecule has 0 radical (unpaired) electrons. The Morgan fingerprint density at radius 2 is 2.24 bits per heavy atom. The molecule has 1 unspecified atom stereocenters. The fourth-order valence-corrected chi connectivity index (χ4v) is 2.77. The van der Waals surface area contributed by atoms with Crippen LogP contribution in [0.1, 0.15) is 23.2 Å². The van der Waals surface area contributed by atoms with Crippen molar-refractivity contribution < 1.29 is 4.39 Å². The van der Waals surface area contributed by atoms with E-state index in [0.29, 0.717) is 15.6 Å². The number of halogens is 3. The Morgan fingerprint density at radius 1 is 1.47 bits per heavy atom. The zero-order valence-electron chi connectivity index (χ0n) is 8.95. The lowest BCUT2D eigenvalue weighted by molar-refractivity contribution is 0.631. The van der Waals surface area contributed by atoms with Crippen molar-refractivity contribution >= 4 is 38.9 Å². The van der Waals surface area contributed by atoms with Gasteiger partial charge in [0, 0.05) is 10.6 Å². The van der Waals surface area contributed by atoms with Crippen molar-refractivity contribution in [2.75, 3.05) is 0 Å². The molecule has 0 amide bonds. The third-order valence-electron chi connectivity index (χ3n) is 2.23. The summed E-state index contributed by atoms with van der Waals surface area (Å²) in [5.74, 6) is -0.372. The first-order valence-corrected chi connectivity index (χ1v) is 7.15. The van der Waals surface area contributed by atoms with E-state index in [9.17, 15) is 4.39 Å². The summed E-state index contributed by atoms with van der Waals surface area (Å²) in [6.45, 7) is 2.05. The van der Waals surface area contributed by atoms with Crippen LogP contribution in [0.25, 0.3) is 10.6 Å². The standard InChI is InChI=1S/C11H9BrClFN2S/c1-2-8(12)11-16-15-10(17-11)7-4-3-6(13)5-9(7)14/h3-5,8H,2H2,1H3. The van der Waals surface area contributed by atoms with Gasteiger partial charge in [0.25, 0.3) is 0 Å². The van der Waals surface area contributed by atoms with Gasteiger partial charge < -0.3 is 0 Å². The van der Waals surface area contributed by atoms with Crippen molar-refractivity contribution in [3.63, 3.8) is 0 Å². The second-order valence-corrected chi connectivity index (χ2v) is 6.00. The van der Waals surface area contributed by atoms with Gasteiger partial charge in [0.1, 0.15) is 10.8 Å². The van der Waals surface area contributed by atoms with Gasteiger partial charge in [-0.1, -0.05) is 45.8 Å². The third kappa shape index (κ3) is 2.84. The Balaban J connectivity index is 2.37. The molecule has 17 heavy (non-hydrogen) atoms. The quantitative estimate of drug-likeness (QED) is 0.750. The van der Waals surface area contributed by atoms with Gasteiger partial charge in [0.05, 0.1) is 4.83 Å². The third-order valence-corrected chi connectivity index (χ3v) is 4.92. The molecule has 0 N–H and O–H groups in total. The molecule has 1 aromatic carbocycles. The van der Waals surface area contributed by atoms with E-state index in [1.165, 1.54) is 17.4 Å². The lowest BCUT2D eigenvalue weighted by atomic mass is 10.2. The van der Waals surface area contributed by atoms with Crippen LogP contribution in [0.5, 0.6) is 0 Å². The molecular formula is C11H9BrClFN2S. The average molecular weight is 336 g/mol. The molecule has 0 spiro atoms. The van der Waals surface area contributed by atoms with Gasteiger partial charge >= 0.3 is 0 Å². The number of aromatic nitrogens is 2. The lowest BCUT2D eigenvalue weighted by Gasteiger charge is -1.99. The second kappa shape index (κ2) is 5.42. The predicted octanol–water partition coefficient (Wildman–Crippen LogP) is 4.84. The first-order valence-electron chi connectivity index (χ1n) is 5.04. The van der Waals surface area contributed by atoms with Gasteiger partial charge in [-0.05, 0) is 24.6 Å². The molecule has 1 aromatic heterocycles. The first-order chi connectivity index (χ1) is 8.11. The molecule has 0 aliphatic rings. The van der Waals surface area contributed by atoms with Crippen LogP contribution in [0.4, 0.5) is 4.39 Å². The van der Waals surface area contributed by atoms with Crippen LogP contribution in [0, 0.1) is 5.82 Å². The van der Waals surface area contributed by atoms with Crippen molar-refractivity contribution in [1.82, 2.24) is 10.2 Å². The van der Waals surface area contributed by atoms with E-state index < -0.39 is 0 Å². The van der Waals surface area contributed by atoms with Gasteiger partial charge in [-0.25, -0.2) is 4.39 Å². The van der Waals surface area contributed by atoms with Crippen molar-refractivity contribution in [1.29, 1.82) is 0 Å². The van der Waals surface area contributed by atoms with E-state index in [1.807, 2.05) is 6.92 Å². The largest absolute Gasteiger partial charge is 0.206 e. The van der Waals surface area contributed by atoms with E-state index in [-0.39, 0.29) is 10.6 Å². The van der Waals surface area contributed by atoms with Crippen LogP contribution in [0.15, 0.2) is 18.2 Å². The van der Waals surface area contributed by atoms with Gasteiger partial charge in [0.15, 0.2) is 5.01 Å². The zero-order valence-corrected chi connectivity index (χ0v) is 12.1. The van der Waals surface area contributed by atoms with Crippen LogP contribution in [0.3, 0.4) is 0 Å². The minimum Gasteiger partial charge on any atom is -0.206 e. The average Bonchev–Trinajstić information content (AvgIpc) is 2.77. The minimum absolute atomic E-state index is 0.170. The number of rotatable bonds is 3. The number of alkyl halides is 1. The molecular weight excluding hydrogens is 327 g/mol. The molecule has 0 saturated carbocycles. The summed E-state index contributed by atoms with van der Waals surface area (Å²) in [6, 6.07) is 4.55. The van der Waals surface area contributed by atoms with Crippen LogP contribution >= 0.6 is 38.9 Å². The van der Waals surface area contributed by atoms with Crippen molar-refractivity contribution in [3.05, 3.63) is 34.0 Å². The molecule has 0 fully saturated rings. The van der Waals surface area contributed by atoms with E-state index in [1.54, 1.807) is 12.1 Å². The first kappa shape index (κ1) is 12.9. The number of hydrogen-bond acceptors (Lipinski definition) is 3. The fourth-order valence-electron chi connectivity index (χ4n) is 1.31. The molecule has 1 atom stereocenters. The van der Waals surface area contributed by atoms with E-state index in [4.69, 9.17) is 11.6 Å². The molecule has 6 heteroatoms. The molecule has 2 nitrogen and oxygen atoms in total. The van der Waals surface area contributed by atoms with Gasteiger partial charge in [0.2, 0.25) is 0 Å². The minimum atomic E-state index is -0.372. The molecule has 90 valence electrons. The highest BCUT2D eigenvalue weighted by atomic mass is 79.9. The maximum Gasteiger partial charge on any atom is 0.150 e. The predicted molar refractivity (Wildman–Crippen MR) is 72.3 cm³/mol. The van der Waals surface area contributed by atoms with Crippen LogP contribution in [-0.4, -0.2) is 10.2 Å². The fraction of sp³-hybridized carbons (Fsp3) is 0.273. The SMILES string of the molecule is CCC(Br)c1nnc(-c2ccc(Cl)cc2F)s1. The summed E-state index contributed by atoms with van der Waals surface area (Å²) < 4.78 is 13.7. The lowest BCUT2D eigenvalue weighted by Crippen LogP contribution is -1.85. The number of benzene rings is 1. The Labute approximate surface area is 116 Å². The van der Waals surface area contributed by atoms with Gasteiger partial charge in [-0.15, -0.1) is 10.2 Å². The van der Waals surface area contributed by atoms with Gasteiger partial charge in [-0.3, -0.25) is 0 Å². The van der Waals surface area contributed by atoms with Crippen molar-refractivity contribution in [2.24, 2.45) is 0 Å². The monoisotopic (exact) mass is 334 g/mol. The second-order valence-electron chi connectivity index (χ2n) is 3.45. The maximum atomic E-state index is 13.7. The Kier molecular flexibility index (Phi) is 4.12. The zero-order chi connectivity index (χ0) is 12.4. The maximum absolute atomic E-state index is 13.7. The van der Waals surface area contributed by atoms with E-state index >= 15 is 0 Å². The Bertz CT molecular complexity index is 532. The molecule has 0 aliphatic carbocycles. The van der Waals surface area contributed by atoms with Crippen molar-refractivity contribution in [3.8, 4) is 10.6 Å². The molecule has 2 rings (SSSR count). The highest BCUT2D eigenvalue weighted by Gasteiger charge is 2.15. The molecule has 0 saturated heterocycles. The smallest absolute Gasteiger partial charge is 0.150 e. The Hall–Kier alpha value is -0.520. The molecule has 0 bridgehead atoms. The van der Waals surface area contributed by atoms with Crippen LogP contribution < -0.4 is 0 Å². The van der Waals surface area contributed by atoms with E-state index in [0.717, 1.165) is 11.4 Å². The summed E-state index contributed by atoms with van der Waals surface area (Å²) in [7, 11) is 0. The van der Waals surface area contributed by atoms with E-state index in [2.05, 4.69) is 26.1 Å². The van der Waals surface area contributed by atoms with Crippen LogP contribution in [-0.2, 0) is 0 Å². The molecule has 1 heterocycles. The Morgan fingerprint density at radius 3 is 2.88 bits per heavy atom. The summed E-state index contributed by atoms with van der Waals surface area (Å²) in [5.41, 5.74) is 0.439. The van der Waals surface area contributed by atoms with Crippen LogP contribution in [0.2, 0.25) is 5.02 Å². The van der Waals surface area contributed by atoms with Crippen molar-refractivity contribution in [2.45, 2.75) is 18.2 Å². The highest BCUT2D eigenvalue weighted by Crippen LogP contribution is 2.34. The number of nitrogens with zero attached hydrogens (tertiary/aromatic N) is 2. The molecule has 0 aliphatic heterocycles.